The van der Waals surface area contributed by atoms with Gasteiger partial charge in [-0.3, -0.25) is 0 Å². The molecule has 0 aromatic carbocycles. The zero-order chi connectivity index (χ0) is 12.1. The fraction of sp³-hybridized carbons (Fsp3) is 0.714. The largest absolute Gasteiger partial charge is 0.302 e. The fourth-order valence-corrected chi connectivity index (χ4v) is 4.36. The Balaban J connectivity index is 1.89. The Morgan fingerprint density at radius 2 is 2.12 bits per heavy atom. The first-order valence-corrected chi connectivity index (χ1v) is 8.56. The average molecular weight is 316 g/mol. The number of thiophene rings is 1. The zero-order valence-electron chi connectivity index (χ0n) is 10.6. The minimum atomic E-state index is 0.531. The summed E-state index contributed by atoms with van der Waals surface area (Å²) in [5, 5.41) is 5.59. The van der Waals surface area contributed by atoms with Gasteiger partial charge in [0.05, 0.1) is 0 Å². The topological polar surface area (TPSA) is 3.24 Å². The molecule has 0 bridgehead atoms. The van der Waals surface area contributed by atoms with Crippen molar-refractivity contribution in [2.24, 2.45) is 5.41 Å². The summed E-state index contributed by atoms with van der Waals surface area (Å²) in [6, 6.07) is 2.24. The third kappa shape index (κ3) is 3.80. The monoisotopic (exact) mass is 315 g/mol. The summed E-state index contributed by atoms with van der Waals surface area (Å²) in [4.78, 5) is 2.49. The van der Waals surface area contributed by atoms with Gasteiger partial charge in [-0.05, 0) is 47.7 Å². The molecule has 1 saturated carbocycles. The van der Waals surface area contributed by atoms with Gasteiger partial charge in [0.2, 0.25) is 0 Å². The van der Waals surface area contributed by atoms with Crippen molar-refractivity contribution in [2.75, 3.05) is 18.9 Å². The van der Waals surface area contributed by atoms with Crippen LogP contribution in [0.25, 0.3) is 0 Å². The molecule has 3 heteroatoms. The van der Waals surface area contributed by atoms with Crippen LogP contribution >= 0.6 is 27.3 Å². The first-order valence-electron chi connectivity index (χ1n) is 6.50. The van der Waals surface area contributed by atoms with Gasteiger partial charge in [0, 0.05) is 18.4 Å². The van der Waals surface area contributed by atoms with Crippen molar-refractivity contribution in [2.45, 2.75) is 38.6 Å². The van der Waals surface area contributed by atoms with Crippen LogP contribution < -0.4 is 0 Å². The van der Waals surface area contributed by atoms with Gasteiger partial charge in [0.15, 0.2) is 0 Å². The Hall–Kier alpha value is 0.140. The van der Waals surface area contributed by atoms with Gasteiger partial charge in [0.25, 0.3) is 0 Å². The summed E-state index contributed by atoms with van der Waals surface area (Å²) in [5.41, 5.74) is 1.99. The highest BCUT2D eigenvalue weighted by molar-refractivity contribution is 9.09. The van der Waals surface area contributed by atoms with Gasteiger partial charge in [-0.15, -0.1) is 0 Å². The number of rotatable bonds is 5. The van der Waals surface area contributed by atoms with E-state index in [0.717, 1.165) is 11.9 Å². The summed E-state index contributed by atoms with van der Waals surface area (Å²) in [6.07, 6.45) is 7.05. The highest BCUT2D eigenvalue weighted by atomic mass is 79.9. The van der Waals surface area contributed by atoms with Gasteiger partial charge in [0.1, 0.15) is 0 Å². The maximum absolute atomic E-state index is 3.75. The predicted molar refractivity (Wildman–Crippen MR) is 80.0 cm³/mol. The maximum atomic E-state index is 3.75. The number of nitrogens with zero attached hydrogens (tertiary/aromatic N) is 1. The van der Waals surface area contributed by atoms with E-state index in [1.165, 1.54) is 44.2 Å². The van der Waals surface area contributed by atoms with Crippen LogP contribution in [-0.4, -0.2) is 23.8 Å². The second-order valence-electron chi connectivity index (χ2n) is 5.50. The van der Waals surface area contributed by atoms with Crippen molar-refractivity contribution < 1.29 is 0 Å². The Morgan fingerprint density at radius 3 is 2.71 bits per heavy atom. The molecule has 0 aliphatic heterocycles. The van der Waals surface area contributed by atoms with E-state index in [1.54, 1.807) is 11.3 Å². The van der Waals surface area contributed by atoms with Crippen molar-refractivity contribution >= 4 is 27.3 Å². The number of halogens is 1. The van der Waals surface area contributed by atoms with E-state index in [4.69, 9.17) is 0 Å². The van der Waals surface area contributed by atoms with Crippen LogP contribution in [-0.2, 0) is 6.54 Å². The van der Waals surface area contributed by atoms with Crippen molar-refractivity contribution in [1.82, 2.24) is 4.90 Å². The van der Waals surface area contributed by atoms with Crippen LogP contribution in [0.15, 0.2) is 16.8 Å². The van der Waals surface area contributed by atoms with Crippen LogP contribution in [0.4, 0.5) is 0 Å². The molecule has 0 amide bonds. The van der Waals surface area contributed by atoms with E-state index in [-0.39, 0.29) is 0 Å². The number of hydrogen-bond acceptors (Lipinski definition) is 2. The molecule has 0 unspecified atom stereocenters. The second-order valence-corrected chi connectivity index (χ2v) is 6.84. The Kier molecular flexibility index (Phi) is 5.07. The van der Waals surface area contributed by atoms with Crippen molar-refractivity contribution in [1.29, 1.82) is 0 Å². The lowest BCUT2D eigenvalue weighted by Crippen LogP contribution is -2.38. The van der Waals surface area contributed by atoms with E-state index < -0.39 is 0 Å². The molecule has 1 aliphatic rings. The number of alkyl halides is 1. The molecule has 0 radical (unpaired) electrons. The average Bonchev–Trinajstić information content (AvgIpc) is 2.83. The van der Waals surface area contributed by atoms with Crippen LogP contribution in [0.2, 0.25) is 0 Å². The predicted octanol–water partition coefficient (Wildman–Crippen LogP) is 4.53. The minimum absolute atomic E-state index is 0.531. The molecule has 0 atom stereocenters. The van der Waals surface area contributed by atoms with E-state index in [1.807, 2.05) is 0 Å². The van der Waals surface area contributed by atoms with Gasteiger partial charge in [-0.1, -0.05) is 35.2 Å². The molecule has 1 aromatic heterocycles. The summed E-state index contributed by atoms with van der Waals surface area (Å²) < 4.78 is 0. The SMILES string of the molecule is CN(Cc1ccsc1)CC1(CBr)CCCCC1. The summed E-state index contributed by atoms with van der Waals surface area (Å²) in [7, 11) is 2.26. The molecule has 17 heavy (non-hydrogen) atoms. The van der Waals surface area contributed by atoms with Gasteiger partial charge >= 0.3 is 0 Å². The molecule has 1 heterocycles. The third-order valence-electron chi connectivity index (χ3n) is 3.84. The third-order valence-corrected chi connectivity index (χ3v) is 5.76. The molecular weight excluding hydrogens is 294 g/mol. The van der Waals surface area contributed by atoms with Gasteiger partial charge < -0.3 is 4.90 Å². The first kappa shape index (κ1) is 13.6. The number of hydrogen-bond donors (Lipinski definition) is 0. The van der Waals surface area contributed by atoms with E-state index in [9.17, 15) is 0 Å². The molecule has 1 fully saturated rings. The highest BCUT2D eigenvalue weighted by Crippen LogP contribution is 2.38. The quantitative estimate of drug-likeness (QED) is 0.722. The Morgan fingerprint density at radius 1 is 1.35 bits per heavy atom. The van der Waals surface area contributed by atoms with E-state index in [0.29, 0.717) is 5.41 Å². The minimum Gasteiger partial charge on any atom is -0.302 e. The molecule has 1 aromatic rings. The van der Waals surface area contributed by atoms with Crippen LogP contribution in [0.5, 0.6) is 0 Å². The standard InChI is InChI=1S/C14H22BrNS/c1-16(9-13-5-8-17-10-13)12-14(11-15)6-3-2-4-7-14/h5,8,10H,2-4,6-7,9,11-12H2,1H3. The van der Waals surface area contributed by atoms with Crippen LogP contribution in [0.3, 0.4) is 0 Å². The van der Waals surface area contributed by atoms with Crippen molar-refractivity contribution in [3.8, 4) is 0 Å². The molecule has 1 nitrogen and oxygen atoms in total. The molecule has 0 N–H and O–H groups in total. The smallest absolute Gasteiger partial charge is 0.0239 e. The van der Waals surface area contributed by atoms with Gasteiger partial charge in [-0.25, -0.2) is 0 Å². The summed E-state index contributed by atoms with van der Waals surface area (Å²) in [6.45, 7) is 2.33. The van der Waals surface area contributed by atoms with Crippen LogP contribution in [0.1, 0.15) is 37.7 Å². The van der Waals surface area contributed by atoms with E-state index >= 15 is 0 Å². The molecule has 1 aliphatic carbocycles. The first-order chi connectivity index (χ1) is 8.24. The van der Waals surface area contributed by atoms with Gasteiger partial charge in [-0.2, -0.15) is 11.3 Å². The molecule has 0 spiro atoms. The molecule has 96 valence electrons. The highest BCUT2D eigenvalue weighted by Gasteiger charge is 2.31. The molecule has 2 rings (SSSR count). The lowest BCUT2D eigenvalue weighted by Gasteiger charge is -2.39. The van der Waals surface area contributed by atoms with E-state index in [2.05, 4.69) is 44.7 Å². The zero-order valence-corrected chi connectivity index (χ0v) is 13.0. The Bertz CT molecular complexity index is 317. The lowest BCUT2D eigenvalue weighted by molar-refractivity contribution is 0.141. The second kappa shape index (κ2) is 6.35. The van der Waals surface area contributed by atoms with Crippen LogP contribution in [0, 0.1) is 5.41 Å². The fourth-order valence-electron chi connectivity index (χ4n) is 2.96. The summed E-state index contributed by atoms with van der Waals surface area (Å²) >= 11 is 5.55. The Labute approximate surface area is 117 Å². The molecular formula is C14H22BrNS. The molecule has 0 saturated heterocycles. The normalized spacial score (nSPS) is 19.7. The van der Waals surface area contributed by atoms with Crippen molar-refractivity contribution in [3.05, 3.63) is 22.4 Å². The lowest BCUT2D eigenvalue weighted by atomic mass is 9.75. The van der Waals surface area contributed by atoms with Crippen molar-refractivity contribution in [3.63, 3.8) is 0 Å². The summed E-state index contributed by atoms with van der Waals surface area (Å²) in [5.74, 6) is 0. The maximum Gasteiger partial charge on any atom is 0.0239 e.